The maximum Gasteiger partial charge on any atom is 0.271 e. The molecule has 0 unspecified atom stereocenters. The molecule has 2 amide bonds. The van der Waals surface area contributed by atoms with E-state index in [0.717, 1.165) is 0 Å². The van der Waals surface area contributed by atoms with Gasteiger partial charge in [0, 0.05) is 16.3 Å². The van der Waals surface area contributed by atoms with Crippen molar-refractivity contribution >= 4 is 35.3 Å². The Kier molecular flexibility index (Phi) is 10.2. The van der Waals surface area contributed by atoms with Gasteiger partial charge >= 0.3 is 0 Å². The Morgan fingerprint density at radius 2 is 1.54 bits per heavy atom. The van der Waals surface area contributed by atoms with E-state index in [4.69, 9.17) is 30.5 Å². The number of anilines is 1. The lowest BCUT2D eigenvalue weighted by Crippen LogP contribution is -2.20. The number of benzene rings is 3. The molecular weight excluding hydrogens is 498 g/mol. The summed E-state index contributed by atoms with van der Waals surface area (Å²) in [5.41, 5.74) is 4.12. The van der Waals surface area contributed by atoms with Crippen LogP contribution >= 0.6 is 11.6 Å². The fourth-order valence-electron chi connectivity index (χ4n) is 3.18. The van der Waals surface area contributed by atoms with Crippen LogP contribution in [0.2, 0.25) is 5.02 Å². The van der Waals surface area contributed by atoms with Crippen LogP contribution < -0.4 is 29.7 Å². The summed E-state index contributed by atoms with van der Waals surface area (Å²) in [6, 6.07) is 16.7. The second-order valence-electron chi connectivity index (χ2n) is 7.48. The number of amides is 2. The quantitative estimate of drug-likeness (QED) is 0.256. The van der Waals surface area contributed by atoms with Gasteiger partial charge in [0.05, 0.1) is 26.5 Å². The second kappa shape index (κ2) is 13.7. The number of halogens is 1. The first kappa shape index (κ1) is 27.3. The third kappa shape index (κ3) is 8.15. The average molecular weight is 526 g/mol. The Morgan fingerprint density at radius 3 is 2.24 bits per heavy atom. The van der Waals surface area contributed by atoms with Gasteiger partial charge in [0.25, 0.3) is 11.8 Å². The Hall–Kier alpha value is -4.24. The molecule has 0 saturated carbocycles. The van der Waals surface area contributed by atoms with E-state index in [0.29, 0.717) is 58.0 Å². The lowest BCUT2D eigenvalue weighted by Gasteiger charge is -2.13. The molecule has 10 heteroatoms. The van der Waals surface area contributed by atoms with E-state index in [1.165, 1.54) is 13.3 Å². The summed E-state index contributed by atoms with van der Waals surface area (Å²) >= 11 is 5.86. The van der Waals surface area contributed by atoms with Crippen molar-refractivity contribution in [1.82, 2.24) is 5.43 Å². The number of hydrazone groups is 1. The SMILES string of the molecule is CCOc1ccc(C(=O)N/N=C/c2ccc(OCC(=O)Nc3ccc(Cl)cc3)c(OCC)c2)cc1OC. The monoisotopic (exact) mass is 525 g/mol. The van der Waals surface area contributed by atoms with Gasteiger partial charge in [-0.1, -0.05) is 11.6 Å². The van der Waals surface area contributed by atoms with Gasteiger partial charge < -0.3 is 24.3 Å². The molecule has 37 heavy (non-hydrogen) atoms. The summed E-state index contributed by atoms with van der Waals surface area (Å²) < 4.78 is 22.0. The number of carbonyl (C=O) groups is 2. The van der Waals surface area contributed by atoms with Crippen LogP contribution in [0.1, 0.15) is 29.8 Å². The zero-order valence-corrected chi connectivity index (χ0v) is 21.5. The van der Waals surface area contributed by atoms with E-state index in [1.54, 1.807) is 60.7 Å². The predicted octanol–water partition coefficient (Wildman–Crippen LogP) is 4.93. The van der Waals surface area contributed by atoms with Crippen molar-refractivity contribution in [2.45, 2.75) is 13.8 Å². The molecule has 3 aromatic carbocycles. The number of ether oxygens (including phenoxy) is 4. The zero-order chi connectivity index (χ0) is 26.6. The highest BCUT2D eigenvalue weighted by molar-refractivity contribution is 6.30. The van der Waals surface area contributed by atoms with Gasteiger partial charge in [-0.15, -0.1) is 0 Å². The van der Waals surface area contributed by atoms with Crippen LogP contribution in [0.4, 0.5) is 5.69 Å². The minimum absolute atomic E-state index is 0.211. The number of hydrogen-bond donors (Lipinski definition) is 2. The maximum absolute atomic E-state index is 12.5. The number of nitrogens with one attached hydrogen (secondary N) is 2. The fourth-order valence-corrected chi connectivity index (χ4v) is 3.31. The second-order valence-corrected chi connectivity index (χ2v) is 7.92. The van der Waals surface area contributed by atoms with Crippen LogP contribution in [0.5, 0.6) is 23.0 Å². The number of nitrogens with zero attached hydrogens (tertiary/aromatic N) is 1. The third-order valence-corrected chi connectivity index (χ3v) is 5.11. The van der Waals surface area contributed by atoms with Crippen LogP contribution in [-0.4, -0.2) is 45.0 Å². The van der Waals surface area contributed by atoms with Crippen LogP contribution in [0.15, 0.2) is 65.8 Å². The smallest absolute Gasteiger partial charge is 0.271 e. The molecule has 0 aliphatic rings. The first-order valence-corrected chi connectivity index (χ1v) is 11.9. The number of methoxy groups -OCH3 is 1. The summed E-state index contributed by atoms with van der Waals surface area (Å²) in [5.74, 6) is 1.11. The Bertz CT molecular complexity index is 1250. The molecule has 0 heterocycles. The van der Waals surface area contributed by atoms with Crippen molar-refractivity contribution in [3.8, 4) is 23.0 Å². The van der Waals surface area contributed by atoms with Crippen LogP contribution in [-0.2, 0) is 4.79 Å². The molecule has 3 aromatic rings. The van der Waals surface area contributed by atoms with Gasteiger partial charge in [-0.2, -0.15) is 5.10 Å². The molecular formula is C27H28ClN3O6. The lowest BCUT2D eigenvalue weighted by atomic mass is 10.2. The van der Waals surface area contributed by atoms with Crippen molar-refractivity contribution in [3.05, 3.63) is 76.8 Å². The molecule has 0 aliphatic carbocycles. The number of hydrogen-bond acceptors (Lipinski definition) is 7. The number of rotatable bonds is 12. The summed E-state index contributed by atoms with van der Waals surface area (Å²) in [6.45, 7) is 4.37. The van der Waals surface area contributed by atoms with Gasteiger partial charge in [-0.3, -0.25) is 9.59 Å². The first-order chi connectivity index (χ1) is 17.9. The van der Waals surface area contributed by atoms with E-state index in [-0.39, 0.29) is 12.5 Å². The van der Waals surface area contributed by atoms with Crippen LogP contribution in [0.3, 0.4) is 0 Å². The zero-order valence-electron chi connectivity index (χ0n) is 20.7. The summed E-state index contributed by atoms with van der Waals surface area (Å²) in [4.78, 5) is 24.7. The number of carbonyl (C=O) groups excluding carboxylic acids is 2. The summed E-state index contributed by atoms with van der Waals surface area (Å²) in [6.07, 6.45) is 1.48. The van der Waals surface area contributed by atoms with Gasteiger partial charge in [-0.25, -0.2) is 5.43 Å². The topological polar surface area (TPSA) is 107 Å². The Labute approximate surface area is 220 Å². The molecule has 2 N–H and O–H groups in total. The molecule has 0 aromatic heterocycles. The van der Waals surface area contributed by atoms with Gasteiger partial charge in [0.15, 0.2) is 29.6 Å². The van der Waals surface area contributed by atoms with E-state index >= 15 is 0 Å². The fraction of sp³-hybridized carbons (Fsp3) is 0.222. The molecule has 0 radical (unpaired) electrons. The predicted molar refractivity (Wildman–Crippen MR) is 142 cm³/mol. The molecule has 0 fully saturated rings. The molecule has 0 aliphatic heterocycles. The van der Waals surface area contributed by atoms with E-state index in [2.05, 4.69) is 15.8 Å². The molecule has 3 rings (SSSR count). The van der Waals surface area contributed by atoms with Gasteiger partial charge in [0.1, 0.15) is 0 Å². The largest absolute Gasteiger partial charge is 0.493 e. The lowest BCUT2D eigenvalue weighted by molar-refractivity contribution is -0.118. The highest BCUT2D eigenvalue weighted by Gasteiger charge is 2.12. The Morgan fingerprint density at radius 1 is 0.865 bits per heavy atom. The average Bonchev–Trinajstić information content (AvgIpc) is 2.90. The van der Waals surface area contributed by atoms with Crippen molar-refractivity contribution in [2.75, 3.05) is 32.2 Å². The molecule has 0 saturated heterocycles. The molecule has 0 atom stereocenters. The van der Waals surface area contributed by atoms with Crippen molar-refractivity contribution in [2.24, 2.45) is 5.10 Å². The van der Waals surface area contributed by atoms with E-state index in [1.807, 2.05) is 13.8 Å². The van der Waals surface area contributed by atoms with E-state index < -0.39 is 5.91 Å². The standard InChI is InChI=1S/C27H28ClN3O6/c1-4-35-22-13-7-19(15-24(22)34-3)27(33)31-29-16-18-6-12-23(25(14-18)36-5-2)37-17-26(32)30-21-10-8-20(28)9-11-21/h6-16H,4-5,17H2,1-3H3,(H,30,32)(H,31,33)/b29-16+. The first-order valence-electron chi connectivity index (χ1n) is 11.5. The van der Waals surface area contributed by atoms with E-state index in [9.17, 15) is 9.59 Å². The van der Waals surface area contributed by atoms with Crippen molar-refractivity contribution in [3.63, 3.8) is 0 Å². The van der Waals surface area contributed by atoms with Crippen molar-refractivity contribution in [1.29, 1.82) is 0 Å². The van der Waals surface area contributed by atoms with Crippen molar-refractivity contribution < 1.29 is 28.5 Å². The summed E-state index contributed by atoms with van der Waals surface area (Å²) in [7, 11) is 1.51. The molecule has 0 spiro atoms. The van der Waals surface area contributed by atoms with Crippen LogP contribution in [0.25, 0.3) is 0 Å². The van der Waals surface area contributed by atoms with Gasteiger partial charge in [-0.05, 0) is 80.1 Å². The highest BCUT2D eigenvalue weighted by Crippen LogP contribution is 2.29. The Balaban J connectivity index is 1.60. The highest BCUT2D eigenvalue weighted by atomic mass is 35.5. The van der Waals surface area contributed by atoms with Gasteiger partial charge in [0.2, 0.25) is 0 Å². The van der Waals surface area contributed by atoms with Crippen LogP contribution in [0, 0.1) is 0 Å². The molecule has 0 bridgehead atoms. The minimum Gasteiger partial charge on any atom is -0.493 e. The molecule has 9 nitrogen and oxygen atoms in total. The molecule has 194 valence electrons. The normalized spacial score (nSPS) is 10.6. The minimum atomic E-state index is -0.408. The third-order valence-electron chi connectivity index (χ3n) is 4.86. The summed E-state index contributed by atoms with van der Waals surface area (Å²) in [5, 5.41) is 7.33. The maximum atomic E-state index is 12.5.